The molecule has 0 radical (unpaired) electrons. The lowest BCUT2D eigenvalue weighted by molar-refractivity contribution is 0.102. The van der Waals surface area contributed by atoms with Crippen LogP contribution in [0.2, 0.25) is 0 Å². The molecule has 0 amide bonds. The number of carbonyl (C=O) groups is 1. The molecule has 0 saturated heterocycles. The van der Waals surface area contributed by atoms with E-state index in [-0.39, 0.29) is 23.6 Å². The van der Waals surface area contributed by atoms with Crippen LogP contribution in [0.25, 0.3) is 21.5 Å². The molecule has 32 heavy (non-hydrogen) atoms. The minimum absolute atomic E-state index is 0.0890. The summed E-state index contributed by atoms with van der Waals surface area (Å²) in [5.74, 6) is 1.87. The van der Waals surface area contributed by atoms with Crippen LogP contribution in [0.4, 0.5) is 0 Å². The van der Waals surface area contributed by atoms with Crippen LogP contribution in [0.3, 0.4) is 0 Å². The Morgan fingerprint density at radius 1 is 1.25 bits per heavy atom. The highest BCUT2D eigenvalue weighted by atomic mass is 32.2. The number of nitrogens with zero attached hydrogens (tertiary/aromatic N) is 2. The van der Waals surface area contributed by atoms with Crippen LogP contribution in [-0.4, -0.2) is 34.3 Å². The van der Waals surface area contributed by atoms with Gasteiger partial charge in [-0.3, -0.25) is 14.2 Å². The number of benzene rings is 1. The van der Waals surface area contributed by atoms with Crippen molar-refractivity contribution < 1.29 is 18.7 Å². The molecule has 0 N–H and O–H groups in total. The largest absolute Gasteiger partial charge is 0.486 e. The third-order valence-electron chi connectivity index (χ3n) is 4.95. The van der Waals surface area contributed by atoms with Crippen LogP contribution in [0.15, 0.2) is 69.0 Å². The van der Waals surface area contributed by atoms with Crippen molar-refractivity contribution in [2.45, 2.75) is 11.7 Å². The Hall–Kier alpha value is -3.30. The maximum Gasteiger partial charge on any atom is 0.263 e. The number of thiophene rings is 1. The molecule has 1 aromatic carbocycles. The summed E-state index contributed by atoms with van der Waals surface area (Å²) >= 11 is 2.60. The van der Waals surface area contributed by atoms with Crippen LogP contribution in [0.5, 0.6) is 11.5 Å². The van der Waals surface area contributed by atoms with Crippen LogP contribution in [0.1, 0.15) is 10.4 Å². The molecule has 3 aromatic heterocycles. The summed E-state index contributed by atoms with van der Waals surface area (Å²) < 4.78 is 18.1. The Bertz CT molecular complexity index is 1370. The lowest BCUT2D eigenvalue weighted by Crippen LogP contribution is -2.23. The minimum atomic E-state index is -0.183. The Labute approximate surface area is 191 Å². The van der Waals surface area contributed by atoms with Crippen molar-refractivity contribution >= 4 is 39.1 Å². The van der Waals surface area contributed by atoms with E-state index in [9.17, 15) is 9.59 Å². The van der Waals surface area contributed by atoms with Crippen LogP contribution < -0.4 is 15.0 Å². The molecule has 0 bridgehead atoms. The second-order valence-corrected chi connectivity index (χ2v) is 8.78. The fourth-order valence-corrected chi connectivity index (χ4v) is 5.32. The van der Waals surface area contributed by atoms with Crippen molar-refractivity contribution in [2.75, 3.05) is 19.0 Å². The fraction of sp³-hybridized carbons (Fsp3) is 0.174. The molecule has 1 aliphatic rings. The second kappa shape index (κ2) is 8.68. The van der Waals surface area contributed by atoms with Gasteiger partial charge in [0.05, 0.1) is 17.4 Å². The van der Waals surface area contributed by atoms with E-state index in [2.05, 4.69) is 11.6 Å². The molecule has 4 aromatic rings. The topological polar surface area (TPSA) is 83.6 Å². The number of hydrogen-bond acceptors (Lipinski definition) is 8. The molecule has 162 valence electrons. The summed E-state index contributed by atoms with van der Waals surface area (Å²) in [6, 6.07) is 8.75. The van der Waals surface area contributed by atoms with Gasteiger partial charge in [-0.25, -0.2) is 4.98 Å². The van der Waals surface area contributed by atoms with Crippen molar-refractivity contribution in [1.82, 2.24) is 9.55 Å². The smallest absolute Gasteiger partial charge is 0.263 e. The standard InChI is InChI=1S/C23H18N2O5S2/c1-2-7-25-22(27)20-15(17-4-3-8-28-17)12-31-21(20)24-23(25)32-13-16(26)14-5-6-18-19(11-14)30-10-9-29-18/h2-6,8,11-12H,1,7,9-10,13H2. The van der Waals surface area contributed by atoms with Crippen LogP contribution >= 0.6 is 23.1 Å². The Kier molecular flexibility index (Phi) is 5.59. The molecule has 0 atom stereocenters. The van der Waals surface area contributed by atoms with Gasteiger partial charge in [0.15, 0.2) is 22.4 Å². The molecule has 0 saturated carbocycles. The zero-order valence-electron chi connectivity index (χ0n) is 16.9. The summed E-state index contributed by atoms with van der Waals surface area (Å²) in [5.41, 5.74) is 1.06. The predicted molar refractivity (Wildman–Crippen MR) is 124 cm³/mol. The van der Waals surface area contributed by atoms with E-state index in [1.165, 1.54) is 27.7 Å². The van der Waals surface area contributed by atoms with Crippen molar-refractivity contribution in [2.24, 2.45) is 0 Å². The summed E-state index contributed by atoms with van der Waals surface area (Å²) in [4.78, 5) is 31.4. The maximum absolute atomic E-state index is 13.3. The number of Topliss-reactive ketones (excluding diaryl/α,β-unsaturated/α-hetero) is 1. The van der Waals surface area contributed by atoms with E-state index in [1.807, 2.05) is 11.4 Å². The highest BCUT2D eigenvalue weighted by Crippen LogP contribution is 2.33. The van der Waals surface area contributed by atoms with Gasteiger partial charge in [0.2, 0.25) is 0 Å². The van der Waals surface area contributed by atoms with Gasteiger partial charge < -0.3 is 13.9 Å². The summed E-state index contributed by atoms with van der Waals surface area (Å²) in [7, 11) is 0. The summed E-state index contributed by atoms with van der Waals surface area (Å²) in [6.45, 7) is 5.00. The molecule has 0 spiro atoms. The van der Waals surface area contributed by atoms with Crippen LogP contribution in [0, 0.1) is 0 Å². The van der Waals surface area contributed by atoms with Gasteiger partial charge in [0.25, 0.3) is 5.56 Å². The second-order valence-electron chi connectivity index (χ2n) is 6.98. The number of hydrogen-bond donors (Lipinski definition) is 0. The molecule has 9 heteroatoms. The number of aromatic nitrogens is 2. The average molecular weight is 467 g/mol. The van der Waals surface area contributed by atoms with E-state index in [0.29, 0.717) is 57.0 Å². The van der Waals surface area contributed by atoms with Crippen molar-refractivity contribution in [3.8, 4) is 22.8 Å². The van der Waals surface area contributed by atoms with Crippen molar-refractivity contribution in [1.29, 1.82) is 0 Å². The summed E-state index contributed by atoms with van der Waals surface area (Å²) in [6.07, 6.45) is 3.21. The number of furan rings is 1. The molecule has 0 aliphatic carbocycles. The fourth-order valence-electron chi connectivity index (χ4n) is 3.45. The molecule has 5 rings (SSSR count). The third-order valence-corrected chi connectivity index (χ3v) is 6.80. The molecule has 0 fully saturated rings. The number of carbonyl (C=O) groups excluding carboxylic acids is 1. The van der Waals surface area contributed by atoms with Gasteiger partial charge in [0, 0.05) is 23.1 Å². The van der Waals surface area contributed by atoms with Gasteiger partial charge in [-0.05, 0) is 30.3 Å². The number of thioether (sulfide) groups is 1. The quantitative estimate of drug-likeness (QED) is 0.170. The van der Waals surface area contributed by atoms with Gasteiger partial charge >= 0.3 is 0 Å². The Morgan fingerprint density at radius 2 is 2.09 bits per heavy atom. The molecular formula is C23H18N2O5S2. The van der Waals surface area contributed by atoms with Gasteiger partial charge in [-0.1, -0.05) is 17.8 Å². The number of ketones is 1. The van der Waals surface area contributed by atoms with Crippen molar-refractivity contribution in [3.05, 3.63) is 70.5 Å². The minimum Gasteiger partial charge on any atom is -0.486 e. The monoisotopic (exact) mass is 466 g/mol. The highest BCUT2D eigenvalue weighted by Gasteiger charge is 2.20. The maximum atomic E-state index is 13.3. The van der Waals surface area contributed by atoms with E-state index in [1.54, 1.807) is 36.6 Å². The van der Waals surface area contributed by atoms with Gasteiger partial charge in [0.1, 0.15) is 23.8 Å². The number of rotatable bonds is 7. The Morgan fingerprint density at radius 3 is 2.88 bits per heavy atom. The SMILES string of the molecule is C=CCn1c(SCC(=O)c2ccc3c(c2)OCCO3)nc2scc(-c3ccco3)c2c1=O. The molecule has 0 unspecified atom stereocenters. The molecule has 1 aliphatic heterocycles. The average Bonchev–Trinajstić information content (AvgIpc) is 3.49. The molecular weight excluding hydrogens is 448 g/mol. The number of allylic oxidation sites excluding steroid dienone is 1. The van der Waals surface area contributed by atoms with E-state index >= 15 is 0 Å². The first-order valence-corrected chi connectivity index (χ1v) is 11.7. The van der Waals surface area contributed by atoms with Crippen molar-refractivity contribution in [3.63, 3.8) is 0 Å². The lowest BCUT2D eigenvalue weighted by atomic mass is 10.1. The first-order chi connectivity index (χ1) is 15.7. The van der Waals surface area contributed by atoms with E-state index in [0.717, 1.165) is 0 Å². The zero-order chi connectivity index (χ0) is 22.1. The first-order valence-electron chi connectivity index (χ1n) is 9.88. The predicted octanol–water partition coefficient (Wildman–Crippen LogP) is 4.65. The zero-order valence-corrected chi connectivity index (χ0v) is 18.5. The summed E-state index contributed by atoms with van der Waals surface area (Å²) in [5, 5.41) is 2.85. The highest BCUT2D eigenvalue weighted by molar-refractivity contribution is 7.99. The van der Waals surface area contributed by atoms with Gasteiger partial charge in [-0.2, -0.15) is 0 Å². The molecule has 7 nitrogen and oxygen atoms in total. The molecule has 4 heterocycles. The third kappa shape index (κ3) is 3.74. The lowest BCUT2D eigenvalue weighted by Gasteiger charge is -2.18. The van der Waals surface area contributed by atoms with E-state index in [4.69, 9.17) is 13.9 Å². The first kappa shape index (κ1) is 20.6. The normalized spacial score (nSPS) is 12.8. The van der Waals surface area contributed by atoms with E-state index < -0.39 is 0 Å². The Balaban J connectivity index is 1.45. The number of fused-ring (bicyclic) bond motifs is 2. The van der Waals surface area contributed by atoms with Crippen LogP contribution in [-0.2, 0) is 6.54 Å². The number of ether oxygens (including phenoxy) is 2. The van der Waals surface area contributed by atoms with Gasteiger partial charge in [-0.15, -0.1) is 17.9 Å².